The number of nitrogens with one attached hydrogen (secondary N) is 1. The second-order valence-corrected chi connectivity index (χ2v) is 9.88. The van der Waals surface area contributed by atoms with Gasteiger partial charge in [0.15, 0.2) is 0 Å². The number of benzene rings is 2. The molecule has 1 unspecified atom stereocenters. The Morgan fingerprint density at radius 2 is 1.94 bits per heavy atom. The third-order valence-electron chi connectivity index (χ3n) is 5.59. The Labute approximate surface area is 182 Å². The van der Waals surface area contributed by atoms with Crippen LogP contribution in [0.15, 0.2) is 48.5 Å². The second-order valence-electron chi connectivity index (χ2n) is 7.86. The summed E-state index contributed by atoms with van der Waals surface area (Å²) in [5.41, 5.74) is 1.83. The molecule has 0 saturated carbocycles. The Morgan fingerprint density at radius 1 is 1.16 bits per heavy atom. The van der Waals surface area contributed by atoms with Gasteiger partial charge in [0.25, 0.3) is 0 Å². The van der Waals surface area contributed by atoms with Gasteiger partial charge in [-0.3, -0.25) is 4.31 Å². The van der Waals surface area contributed by atoms with Crippen LogP contribution in [0.3, 0.4) is 0 Å². The van der Waals surface area contributed by atoms with E-state index in [1.165, 1.54) is 4.31 Å². The number of anilines is 2. The average Bonchev–Trinajstić information content (AvgIpc) is 3.38. The van der Waals surface area contributed by atoms with Gasteiger partial charge < -0.3 is 20.1 Å². The third-order valence-corrected chi connectivity index (χ3v) is 7.46. The van der Waals surface area contributed by atoms with Crippen LogP contribution in [0.4, 0.5) is 16.2 Å². The SMILES string of the molecule is O=C(Nc1ccc(N2CCCS2(=O)=O)cc1)N(Cc1ccccc1O)CC1CCCO1. The minimum atomic E-state index is -3.24. The lowest BCUT2D eigenvalue weighted by Gasteiger charge is -2.26. The number of phenols is 1. The smallest absolute Gasteiger partial charge is 0.322 e. The molecule has 2 aliphatic heterocycles. The maximum atomic E-state index is 13.0. The van der Waals surface area contributed by atoms with Gasteiger partial charge in [-0.2, -0.15) is 0 Å². The van der Waals surface area contributed by atoms with Gasteiger partial charge >= 0.3 is 6.03 Å². The van der Waals surface area contributed by atoms with Gasteiger partial charge in [0.1, 0.15) is 5.75 Å². The summed E-state index contributed by atoms with van der Waals surface area (Å²) in [4.78, 5) is 14.7. The first-order valence-electron chi connectivity index (χ1n) is 10.5. The van der Waals surface area contributed by atoms with Gasteiger partial charge in [-0.25, -0.2) is 13.2 Å². The van der Waals surface area contributed by atoms with Crippen molar-refractivity contribution in [3.05, 3.63) is 54.1 Å². The molecule has 2 aromatic carbocycles. The predicted octanol–water partition coefficient (Wildman–Crippen LogP) is 3.15. The van der Waals surface area contributed by atoms with Crippen LogP contribution in [-0.2, 0) is 21.3 Å². The first-order valence-corrected chi connectivity index (χ1v) is 12.1. The van der Waals surface area contributed by atoms with Crippen molar-refractivity contribution in [1.82, 2.24) is 4.90 Å². The minimum absolute atomic E-state index is 0.0284. The number of nitrogens with zero attached hydrogens (tertiary/aromatic N) is 2. The first-order chi connectivity index (χ1) is 14.9. The quantitative estimate of drug-likeness (QED) is 0.712. The number of hydrogen-bond donors (Lipinski definition) is 2. The molecular weight excluding hydrogens is 418 g/mol. The fourth-order valence-electron chi connectivity index (χ4n) is 3.95. The van der Waals surface area contributed by atoms with Gasteiger partial charge in [0.05, 0.1) is 24.1 Å². The lowest BCUT2D eigenvalue weighted by atomic mass is 10.1. The Hall–Kier alpha value is -2.78. The number of phenolic OH excluding ortho intramolecular Hbond substituents is 1. The van der Waals surface area contributed by atoms with E-state index in [2.05, 4.69) is 5.32 Å². The lowest BCUT2D eigenvalue weighted by Crippen LogP contribution is -2.39. The molecule has 0 aromatic heterocycles. The van der Waals surface area contributed by atoms with E-state index in [9.17, 15) is 18.3 Å². The zero-order valence-electron chi connectivity index (χ0n) is 17.2. The lowest BCUT2D eigenvalue weighted by molar-refractivity contribution is 0.0817. The van der Waals surface area contributed by atoms with Crippen molar-refractivity contribution in [3.63, 3.8) is 0 Å². The Balaban J connectivity index is 1.46. The largest absolute Gasteiger partial charge is 0.508 e. The molecule has 0 aliphatic carbocycles. The van der Waals surface area contributed by atoms with E-state index in [-0.39, 0.29) is 30.2 Å². The normalized spacial score (nSPS) is 20.0. The van der Waals surface area contributed by atoms with E-state index in [0.29, 0.717) is 43.1 Å². The summed E-state index contributed by atoms with van der Waals surface area (Å²) in [6, 6.07) is 13.4. The van der Waals surface area contributed by atoms with Crippen molar-refractivity contribution in [2.45, 2.75) is 31.9 Å². The first kappa shape index (κ1) is 21.5. The van der Waals surface area contributed by atoms with Crippen LogP contribution in [0, 0.1) is 0 Å². The third kappa shape index (κ3) is 5.11. The van der Waals surface area contributed by atoms with E-state index in [1.54, 1.807) is 47.4 Å². The summed E-state index contributed by atoms with van der Waals surface area (Å²) in [6.07, 6.45) is 2.45. The molecule has 2 amide bonds. The fraction of sp³-hybridized carbons (Fsp3) is 0.409. The highest BCUT2D eigenvalue weighted by atomic mass is 32.2. The molecule has 2 N–H and O–H groups in total. The molecule has 0 spiro atoms. The molecule has 2 heterocycles. The Kier molecular flexibility index (Phi) is 6.33. The predicted molar refractivity (Wildman–Crippen MR) is 119 cm³/mol. The molecule has 2 aromatic rings. The van der Waals surface area contributed by atoms with E-state index in [4.69, 9.17) is 4.74 Å². The number of hydrogen-bond acceptors (Lipinski definition) is 5. The number of rotatable bonds is 6. The average molecular weight is 446 g/mol. The van der Waals surface area contributed by atoms with Crippen molar-refractivity contribution in [1.29, 1.82) is 0 Å². The number of ether oxygens (including phenoxy) is 1. The molecule has 2 aliphatic rings. The Bertz CT molecular complexity index is 1020. The summed E-state index contributed by atoms with van der Waals surface area (Å²) in [7, 11) is -3.24. The van der Waals surface area contributed by atoms with Crippen LogP contribution in [-0.4, -0.2) is 56.0 Å². The van der Waals surface area contributed by atoms with Gasteiger partial charge in [-0.05, 0) is 49.6 Å². The minimum Gasteiger partial charge on any atom is -0.508 e. The number of amides is 2. The second kappa shape index (κ2) is 9.15. The van der Waals surface area contributed by atoms with Crippen molar-refractivity contribution in [2.24, 2.45) is 0 Å². The number of carbonyl (C=O) groups excluding carboxylic acids is 1. The van der Waals surface area contributed by atoms with Crippen LogP contribution in [0.25, 0.3) is 0 Å². The highest BCUT2D eigenvalue weighted by molar-refractivity contribution is 7.93. The molecule has 8 nitrogen and oxygen atoms in total. The monoisotopic (exact) mass is 445 g/mol. The molecule has 0 bridgehead atoms. The van der Waals surface area contributed by atoms with Gasteiger partial charge in [0.2, 0.25) is 10.0 Å². The van der Waals surface area contributed by atoms with E-state index in [1.807, 2.05) is 6.07 Å². The molecule has 1 atom stereocenters. The van der Waals surface area contributed by atoms with Gasteiger partial charge in [-0.1, -0.05) is 18.2 Å². The molecule has 4 rings (SSSR count). The standard InChI is InChI=1S/C22H27N3O5S/c26-21-7-2-1-5-17(21)15-24(16-20-6-3-13-30-20)22(27)23-18-8-10-19(11-9-18)25-12-4-14-31(25,28)29/h1-2,5,7-11,20,26H,3-4,6,12-16H2,(H,23,27). The molecule has 0 radical (unpaired) electrons. The maximum absolute atomic E-state index is 13.0. The zero-order chi connectivity index (χ0) is 21.8. The molecule has 166 valence electrons. The summed E-state index contributed by atoms with van der Waals surface area (Å²) in [6.45, 7) is 1.84. The van der Waals surface area contributed by atoms with Gasteiger partial charge in [0, 0.05) is 30.9 Å². The topological polar surface area (TPSA) is 99.2 Å². The van der Waals surface area contributed by atoms with Crippen LogP contribution in [0.5, 0.6) is 5.75 Å². The number of aromatic hydroxyl groups is 1. The van der Waals surface area contributed by atoms with Crippen LogP contribution >= 0.6 is 0 Å². The summed E-state index contributed by atoms with van der Waals surface area (Å²) < 4.78 is 31.3. The fourth-order valence-corrected chi connectivity index (χ4v) is 5.51. The van der Waals surface area contributed by atoms with Crippen molar-refractivity contribution < 1.29 is 23.1 Å². The van der Waals surface area contributed by atoms with Gasteiger partial charge in [-0.15, -0.1) is 0 Å². The summed E-state index contributed by atoms with van der Waals surface area (Å²) in [5.74, 6) is 0.305. The van der Waals surface area contributed by atoms with Crippen molar-refractivity contribution in [2.75, 3.05) is 35.1 Å². The van der Waals surface area contributed by atoms with Crippen molar-refractivity contribution in [3.8, 4) is 5.75 Å². The van der Waals surface area contributed by atoms with Crippen LogP contribution < -0.4 is 9.62 Å². The van der Waals surface area contributed by atoms with Crippen LogP contribution in [0.2, 0.25) is 0 Å². The molecule has 2 saturated heterocycles. The number of sulfonamides is 1. The molecule has 31 heavy (non-hydrogen) atoms. The van der Waals surface area contributed by atoms with Crippen molar-refractivity contribution >= 4 is 27.4 Å². The maximum Gasteiger partial charge on any atom is 0.322 e. The Morgan fingerprint density at radius 3 is 2.58 bits per heavy atom. The van der Waals surface area contributed by atoms with E-state index in [0.717, 1.165) is 12.8 Å². The zero-order valence-corrected chi connectivity index (χ0v) is 18.1. The highest BCUT2D eigenvalue weighted by Crippen LogP contribution is 2.26. The number of urea groups is 1. The summed E-state index contributed by atoms with van der Waals surface area (Å²) in [5, 5.41) is 13.0. The number of carbonyl (C=O) groups is 1. The van der Waals surface area contributed by atoms with E-state index >= 15 is 0 Å². The number of para-hydroxylation sites is 1. The van der Waals surface area contributed by atoms with E-state index < -0.39 is 10.0 Å². The highest BCUT2D eigenvalue weighted by Gasteiger charge is 2.28. The van der Waals surface area contributed by atoms with Crippen LogP contribution in [0.1, 0.15) is 24.8 Å². The molecular formula is C22H27N3O5S. The summed E-state index contributed by atoms with van der Waals surface area (Å²) >= 11 is 0. The molecule has 2 fully saturated rings. The molecule has 9 heteroatoms.